The zero-order valence-electron chi connectivity index (χ0n) is 7.16. The van der Waals surface area contributed by atoms with Crippen LogP contribution in [0.3, 0.4) is 0 Å². The van der Waals surface area contributed by atoms with Crippen LogP contribution in [-0.4, -0.2) is 14.8 Å². The third-order valence-electron chi connectivity index (χ3n) is 1.65. The van der Waals surface area contributed by atoms with Crippen molar-refractivity contribution in [2.75, 3.05) is 0 Å². The zero-order valence-corrected chi connectivity index (χ0v) is 7.97. The van der Waals surface area contributed by atoms with Gasteiger partial charge in [0, 0.05) is 13.2 Å². The Hall–Kier alpha value is -0.900. The summed E-state index contributed by atoms with van der Waals surface area (Å²) in [5.74, 6) is 0. The van der Waals surface area contributed by atoms with Gasteiger partial charge in [-0.05, 0) is 24.8 Å². The molecule has 0 aliphatic rings. The average Bonchev–Trinajstić information content (AvgIpc) is 2.35. The highest BCUT2D eigenvalue weighted by Crippen LogP contribution is 2.02. The molecule has 4 heteroatoms. The van der Waals surface area contributed by atoms with Crippen LogP contribution in [0.15, 0.2) is 12.4 Å². The van der Waals surface area contributed by atoms with E-state index in [2.05, 4.69) is 5.10 Å². The Morgan fingerprint density at radius 3 is 3.00 bits per heavy atom. The first kappa shape index (κ1) is 9.19. The van der Waals surface area contributed by atoms with E-state index in [1.165, 1.54) is 5.56 Å². The third-order valence-corrected chi connectivity index (χ3v) is 1.85. The maximum atomic E-state index is 5.37. The molecular weight excluding hydrogens is 170 g/mol. The Bertz CT molecular complexity index is 267. The maximum Gasteiger partial charge on any atom is 0.0727 e. The monoisotopic (exact) mass is 183 g/mol. The van der Waals surface area contributed by atoms with E-state index in [-0.39, 0.29) is 0 Å². The zero-order chi connectivity index (χ0) is 8.97. The summed E-state index contributed by atoms with van der Waals surface area (Å²) in [6.45, 7) is 0. The molecular formula is C8H13N3S. The van der Waals surface area contributed by atoms with Crippen molar-refractivity contribution >= 4 is 17.2 Å². The minimum atomic E-state index is 0.596. The summed E-state index contributed by atoms with van der Waals surface area (Å²) in [7, 11) is 1.91. The molecule has 1 rings (SSSR count). The summed E-state index contributed by atoms with van der Waals surface area (Å²) in [6.07, 6.45) is 6.73. The Morgan fingerprint density at radius 1 is 1.75 bits per heavy atom. The molecule has 66 valence electrons. The van der Waals surface area contributed by atoms with Crippen LogP contribution < -0.4 is 5.73 Å². The van der Waals surface area contributed by atoms with Gasteiger partial charge in [-0.15, -0.1) is 0 Å². The van der Waals surface area contributed by atoms with Crippen LogP contribution in [0.5, 0.6) is 0 Å². The largest absolute Gasteiger partial charge is 0.393 e. The summed E-state index contributed by atoms with van der Waals surface area (Å²) >= 11 is 4.77. The molecule has 0 atom stereocenters. The Labute approximate surface area is 77.6 Å². The van der Waals surface area contributed by atoms with Gasteiger partial charge in [-0.2, -0.15) is 5.10 Å². The lowest BCUT2D eigenvalue weighted by atomic mass is 10.1. The molecule has 0 spiro atoms. The van der Waals surface area contributed by atoms with Gasteiger partial charge < -0.3 is 5.73 Å². The van der Waals surface area contributed by atoms with E-state index in [1.807, 2.05) is 19.4 Å². The second kappa shape index (κ2) is 4.21. The van der Waals surface area contributed by atoms with Crippen LogP contribution in [0.25, 0.3) is 0 Å². The van der Waals surface area contributed by atoms with Crippen molar-refractivity contribution in [3.8, 4) is 0 Å². The molecule has 2 N–H and O–H groups in total. The van der Waals surface area contributed by atoms with Gasteiger partial charge in [0.1, 0.15) is 0 Å². The van der Waals surface area contributed by atoms with Gasteiger partial charge in [-0.3, -0.25) is 4.68 Å². The van der Waals surface area contributed by atoms with Gasteiger partial charge in [0.2, 0.25) is 0 Å². The number of hydrogen-bond acceptors (Lipinski definition) is 2. The van der Waals surface area contributed by atoms with Crippen LogP contribution in [0.2, 0.25) is 0 Å². The molecule has 0 saturated heterocycles. The van der Waals surface area contributed by atoms with Gasteiger partial charge in [0.05, 0.1) is 11.2 Å². The second-order valence-electron chi connectivity index (χ2n) is 2.84. The summed E-state index contributed by atoms with van der Waals surface area (Å²) in [5.41, 5.74) is 6.62. The molecule has 0 aliphatic carbocycles. The van der Waals surface area contributed by atoms with Crippen LogP contribution in [0, 0.1) is 0 Å². The van der Waals surface area contributed by atoms with E-state index in [1.54, 1.807) is 4.68 Å². The van der Waals surface area contributed by atoms with Gasteiger partial charge in [0.15, 0.2) is 0 Å². The van der Waals surface area contributed by atoms with E-state index in [0.717, 1.165) is 19.3 Å². The van der Waals surface area contributed by atoms with Gasteiger partial charge >= 0.3 is 0 Å². The van der Waals surface area contributed by atoms with Gasteiger partial charge in [-0.1, -0.05) is 12.2 Å². The SMILES string of the molecule is Cn1cc(CCCC(N)=S)cn1. The number of aryl methyl sites for hydroxylation is 2. The van der Waals surface area contributed by atoms with E-state index >= 15 is 0 Å². The highest BCUT2D eigenvalue weighted by molar-refractivity contribution is 7.80. The van der Waals surface area contributed by atoms with Crippen molar-refractivity contribution < 1.29 is 0 Å². The first-order valence-electron chi connectivity index (χ1n) is 3.94. The quantitative estimate of drug-likeness (QED) is 0.709. The molecule has 0 saturated carbocycles. The summed E-state index contributed by atoms with van der Waals surface area (Å²) < 4.78 is 1.80. The molecule has 0 aliphatic heterocycles. The molecule has 0 amide bonds. The summed E-state index contributed by atoms with van der Waals surface area (Å²) in [5, 5.41) is 4.07. The van der Waals surface area contributed by atoms with Crippen molar-refractivity contribution in [1.29, 1.82) is 0 Å². The fourth-order valence-electron chi connectivity index (χ4n) is 1.07. The predicted molar refractivity (Wildman–Crippen MR) is 52.9 cm³/mol. The highest BCUT2D eigenvalue weighted by atomic mass is 32.1. The average molecular weight is 183 g/mol. The van der Waals surface area contributed by atoms with E-state index in [4.69, 9.17) is 18.0 Å². The lowest BCUT2D eigenvalue weighted by molar-refractivity contribution is 0.766. The Morgan fingerprint density at radius 2 is 2.50 bits per heavy atom. The van der Waals surface area contributed by atoms with Crippen molar-refractivity contribution in [2.45, 2.75) is 19.3 Å². The molecule has 0 unspecified atom stereocenters. The molecule has 0 bridgehead atoms. The van der Waals surface area contributed by atoms with E-state index in [9.17, 15) is 0 Å². The van der Waals surface area contributed by atoms with Crippen LogP contribution in [0.1, 0.15) is 18.4 Å². The van der Waals surface area contributed by atoms with Crippen molar-refractivity contribution in [3.63, 3.8) is 0 Å². The number of aromatic nitrogens is 2. The third kappa shape index (κ3) is 3.00. The smallest absolute Gasteiger partial charge is 0.0727 e. The Balaban J connectivity index is 2.29. The standard InChI is InChI=1S/C8H13N3S/c1-11-6-7(5-10-11)3-2-4-8(9)12/h5-6H,2-4H2,1H3,(H2,9,12). The molecule has 0 aromatic carbocycles. The molecule has 12 heavy (non-hydrogen) atoms. The van der Waals surface area contributed by atoms with Crippen LogP contribution >= 0.6 is 12.2 Å². The Kier molecular flexibility index (Phi) is 3.22. The van der Waals surface area contributed by atoms with E-state index in [0.29, 0.717) is 4.99 Å². The van der Waals surface area contributed by atoms with Crippen molar-refractivity contribution in [3.05, 3.63) is 18.0 Å². The number of thiocarbonyl (C=S) groups is 1. The maximum absolute atomic E-state index is 5.37. The second-order valence-corrected chi connectivity index (χ2v) is 3.37. The number of nitrogens with two attached hydrogens (primary N) is 1. The lowest BCUT2D eigenvalue weighted by Gasteiger charge is -1.95. The summed E-state index contributed by atoms with van der Waals surface area (Å²) in [6, 6.07) is 0. The van der Waals surface area contributed by atoms with Crippen molar-refractivity contribution in [2.24, 2.45) is 12.8 Å². The lowest BCUT2D eigenvalue weighted by Crippen LogP contribution is -2.07. The molecule has 0 radical (unpaired) electrons. The van der Waals surface area contributed by atoms with Crippen LogP contribution in [-0.2, 0) is 13.5 Å². The minimum Gasteiger partial charge on any atom is -0.393 e. The topological polar surface area (TPSA) is 43.8 Å². The number of hydrogen-bond donors (Lipinski definition) is 1. The molecule has 3 nitrogen and oxygen atoms in total. The van der Waals surface area contributed by atoms with Crippen LogP contribution in [0.4, 0.5) is 0 Å². The van der Waals surface area contributed by atoms with Gasteiger partial charge in [-0.25, -0.2) is 0 Å². The fourth-order valence-corrected chi connectivity index (χ4v) is 1.21. The summed E-state index contributed by atoms with van der Waals surface area (Å²) in [4.78, 5) is 0.596. The first-order chi connectivity index (χ1) is 5.68. The first-order valence-corrected chi connectivity index (χ1v) is 4.35. The van der Waals surface area contributed by atoms with Crippen molar-refractivity contribution in [1.82, 2.24) is 9.78 Å². The molecule has 1 aromatic heterocycles. The molecule has 1 aromatic rings. The number of nitrogens with zero attached hydrogens (tertiary/aromatic N) is 2. The fraction of sp³-hybridized carbons (Fsp3) is 0.500. The van der Waals surface area contributed by atoms with Gasteiger partial charge in [0.25, 0.3) is 0 Å². The number of rotatable bonds is 4. The predicted octanol–water partition coefficient (Wildman–Crippen LogP) is 1.03. The van der Waals surface area contributed by atoms with E-state index < -0.39 is 0 Å². The molecule has 1 heterocycles. The normalized spacial score (nSPS) is 10.1. The molecule has 0 fully saturated rings. The highest BCUT2D eigenvalue weighted by Gasteiger charge is 1.96. The minimum absolute atomic E-state index is 0.596.